The van der Waals surface area contributed by atoms with E-state index in [1.165, 1.54) is 36.3 Å². The van der Waals surface area contributed by atoms with Crippen molar-refractivity contribution < 1.29 is 29.0 Å². The van der Waals surface area contributed by atoms with Gasteiger partial charge in [-0.3, -0.25) is 9.59 Å². The van der Waals surface area contributed by atoms with Crippen LogP contribution in [0.3, 0.4) is 0 Å². The van der Waals surface area contributed by atoms with E-state index in [0.717, 1.165) is 16.8 Å². The van der Waals surface area contributed by atoms with Crippen LogP contribution in [0.4, 0.5) is 11.4 Å². The molecule has 0 unspecified atom stereocenters. The maximum Gasteiger partial charge on any atom is 0.337 e. The minimum Gasteiger partial charge on any atom is -0.478 e. The van der Waals surface area contributed by atoms with Crippen molar-refractivity contribution >= 4 is 47.3 Å². The first-order valence-corrected chi connectivity index (χ1v) is 12.6. The molecular weight excluding hydrogens is 520 g/mol. The molecule has 4 rings (SSSR count). The van der Waals surface area contributed by atoms with E-state index in [-0.39, 0.29) is 23.3 Å². The fourth-order valence-corrected chi connectivity index (χ4v) is 4.05. The minimum absolute atomic E-state index is 0.103. The number of aromatic carboxylic acids is 1. The second kappa shape index (κ2) is 12.6. The zero-order chi connectivity index (χ0) is 29.5. The highest BCUT2D eigenvalue weighted by Crippen LogP contribution is 2.21. The van der Waals surface area contributed by atoms with Gasteiger partial charge >= 0.3 is 11.9 Å². The van der Waals surface area contributed by atoms with Crippen LogP contribution in [0, 0.1) is 0 Å². The van der Waals surface area contributed by atoms with Crippen molar-refractivity contribution in [3.05, 3.63) is 130 Å². The van der Waals surface area contributed by atoms with Gasteiger partial charge < -0.3 is 19.6 Å². The maximum absolute atomic E-state index is 13.1. The summed E-state index contributed by atoms with van der Waals surface area (Å²) in [6.07, 6.45) is 3.87. The van der Waals surface area contributed by atoms with Gasteiger partial charge in [-0.2, -0.15) is 0 Å². The van der Waals surface area contributed by atoms with Crippen LogP contribution in [-0.4, -0.2) is 50.1 Å². The molecule has 0 saturated carbocycles. The van der Waals surface area contributed by atoms with Crippen molar-refractivity contribution in [2.24, 2.45) is 0 Å². The number of ether oxygens (including phenoxy) is 1. The largest absolute Gasteiger partial charge is 0.478 e. The van der Waals surface area contributed by atoms with E-state index in [4.69, 9.17) is 9.84 Å². The molecule has 1 N–H and O–H groups in total. The van der Waals surface area contributed by atoms with Crippen LogP contribution in [-0.2, 0) is 4.74 Å². The SMILES string of the molecule is COC(=O)c1ccc(C=Cc2ccc(N(C)C(=O)c3ccc(N(C)C(=O)c4ccc(C(=O)O)cc4)cc3)cc2)cc1. The molecule has 0 aliphatic heterocycles. The van der Waals surface area contributed by atoms with Gasteiger partial charge in [0.1, 0.15) is 0 Å². The lowest BCUT2D eigenvalue weighted by molar-refractivity contribution is 0.0599. The Bertz CT molecular complexity index is 1590. The summed E-state index contributed by atoms with van der Waals surface area (Å²) in [6, 6.07) is 27.0. The summed E-state index contributed by atoms with van der Waals surface area (Å²) < 4.78 is 4.71. The molecule has 2 amide bonds. The highest BCUT2D eigenvalue weighted by molar-refractivity contribution is 6.08. The van der Waals surface area contributed by atoms with Gasteiger partial charge in [-0.15, -0.1) is 0 Å². The second-order valence-corrected chi connectivity index (χ2v) is 9.20. The number of hydrogen-bond donors (Lipinski definition) is 1. The van der Waals surface area contributed by atoms with E-state index in [0.29, 0.717) is 22.4 Å². The summed E-state index contributed by atoms with van der Waals surface area (Å²) in [7, 11) is 4.66. The molecule has 0 aromatic heterocycles. The normalized spacial score (nSPS) is 10.7. The Morgan fingerprint density at radius 3 is 1.32 bits per heavy atom. The molecule has 0 saturated heterocycles. The molecule has 0 fully saturated rings. The molecule has 4 aromatic rings. The zero-order valence-corrected chi connectivity index (χ0v) is 22.8. The zero-order valence-electron chi connectivity index (χ0n) is 22.8. The molecule has 0 aliphatic carbocycles. The number of carboxylic acids is 1. The molecule has 8 heteroatoms. The molecule has 206 valence electrons. The van der Waals surface area contributed by atoms with Crippen LogP contribution in [0.15, 0.2) is 97.1 Å². The molecule has 8 nitrogen and oxygen atoms in total. The number of benzene rings is 4. The first kappa shape index (κ1) is 28.5. The van der Waals surface area contributed by atoms with Gasteiger partial charge in [-0.25, -0.2) is 9.59 Å². The first-order chi connectivity index (χ1) is 19.7. The molecule has 0 spiro atoms. The van der Waals surface area contributed by atoms with Gasteiger partial charge in [-0.1, -0.05) is 36.4 Å². The van der Waals surface area contributed by atoms with Crippen LogP contribution in [0.2, 0.25) is 0 Å². The monoisotopic (exact) mass is 548 g/mol. The Labute approximate surface area is 237 Å². The van der Waals surface area contributed by atoms with Crippen molar-refractivity contribution in [1.82, 2.24) is 0 Å². The predicted octanol–water partition coefficient (Wildman–Crippen LogP) is 5.90. The molecule has 41 heavy (non-hydrogen) atoms. The van der Waals surface area contributed by atoms with Gasteiger partial charge in [0.05, 0.1) is 18.2 Å². The summed E-state index contributed by atoms with van der Waals surface area (Å²) in [4.78, 5) is 51.5. The summed E-state index contributed by atoms with van der Waals surface area (Å²) in [5, 5.41) is 9.04. The number of carboxylic acid groups (broad SMARTS) is 1. The Hall–Kier alpha value is -5.50. The summed E-state index contributed by atoms with van der Waals surface area (Å²) >= 11 is 0. The van der Waals surface area contributed by atoms with Crippen LogP contribution in [0.5, 0.6) is 0 Å². The lowest BCUT2D eigenvalue weighted by atomic mass is 10.1. The van der Waals surface area contributed by atoms with Crippen LogP contribution in [0.25, 0.3) is 12.2 Å². The standard InChI is InChI=1S/C33H28N2O6/c1-34(28-18-8-23(9-19-28)5-4-22-6-10-27(11-7-22)33(40)41-3)31(37)25-16-20-29(21-17-25)35(2)30(36)24-12-14-26(15-13-24)32(38)39/h4-21H,1-3H3,(H,38,39). The average Bonchev–Trinajstić information content (AvgIpc) is 3.02. The van der Waals surface area contributed by atoms with Crippen molar-refractivity contribution in [3.8, 4) is 0 Å². The summed E-state index contributed by atoms with van der Waals surface area (Å²) in [6.45, 7) is 0. The molecule has 0 atom stereocenters. The van der Waals surface area contributed by atoms with Gasteiger partial charge in [0.2, 0.25) is 0 Å². The third-order valence-electron chi connectivity index (χ3n) is 6.57. The highest BCUT2D eigenvalue weighted by atomic mass is 16.5. The van der Waals surface area contributed by atoms with Crippen molar-refractivity contribution in [2.75, 3.05) is 31.0 Å². The third-order valence-corrected chi connectivity index (χ3v) is 6.57. The number of hydrogen-bond acceptors (Lipinski definition) is 5. The van der Waals surface area contributed by atoms with E-state index in [9.17, 15) is 19.2 Å². The summed E-state index contributed by atoms with van der Waals surface area (Å²) in [5.74, 6) is -1.94. The third kappa shape index (κ3) is 6.75. The van der Waals surface area contributed by atoms with E-state index in [1.54, 1.807) is 55.4 Å². The van der Waals surface area contributed by atoms with E-state index >= 15 is 0 Å². The lowest BCUT2D eigenvalue weighted by Gasteiger charge is -2.20. The first-order valence-electron chi connectivity index (χ1n) is 12.6. The fraction of sp³-hybridized carbons (Fsp3) is 0.0909. The van der Waals surface area contributed by atoms with Gasteiger partial charge in [0.15, 0.2) is 0 Å². The number of methoxy groups -OCH3 is 1. The van der Waals surface area contributed by atoms with E-state index in [2.05, 4.69) is 0 Å². The predicted molar refractivity (Wildman–Crippen MR) is 158 cm³/mol. The lowest BCUT2D eigenvalue weighted by Crippen LogP contribution is -2.27. The van der Waals surface area contributed by atoms with Crippen LogP contribution in [0.1, 0.15) is 52.6 Å². The number of esters is 1. The number of carbonyl (C=O) groups is 4. The molecule has 0 heterocycles. The molecule has 0 bridgehead atoms. The Kier molecular flexibility index (Phi) is 8.74. The number of anilines is 2. The smallest absolute Gasteiger partial charge is 0.337 e. The Morgan fingerprint density at radius 2 is 0.902 bits per heavy atom. The molecule has 0 radical (unpaired) electrons. The highest BCUT2D eigenvalue weighted by Gasteiger charge is 2.17. The van der Waals surface area contributed by atoms with Crippen molar-refractivity contribution in [2.45, 2.75) is 0 Å². The maximum atomic E-state index is 13.1. The minimum atomic E-state index is -1.06. The Morgan fingerprint density at radius 1 is 0.561 bits per heavy atom. The average molecular weight is 549 g/mol. The Balaban J connectivity index is 1.38. The van der Waals surface area contributed by atoms with Crippen molar-refractivity contribution in [3.63, 3.8) is 0 Å². The summed E-state index contributed by atoms with van der Waals surface area (Å²) in [5.41, 5.74) is 4.59. The molecule has 0 aliphatic rings. The van der Waals surface area contributed by atoms with Crippen LogP contribution >= 0.6 is 0 Å². The molecule has 4 aromatic carbocycles. The molecular formula is C33H28N2O6. The fourth-order valence-electron chi connectivity index (χ4n) is 4.05. The second-order valence-electron chi connectivity index (χ2n) is 9.20. The number of nitrogens with zero attached hydrogens (tertiary/aromatic N) is 2. The number of rotatable bonds is 8. The van der Waals surface area contributed by atoms with Crippen molar-refractivity contribution in [1.29, 1.82) is 0 Å². The van der Waals surface area contributed by atoms with Gasteiger partial charge in [-0.05, 0) is 83.9 Å². The van der Waals surface area contributed by atoms with Gasteiger partial charge in [0.25, 0.3) is 11.8 Å². The van der Waals surface area contributed by atoms with Gasteiger partial charge in [0, 0.05) is 36.6 Å². The number of carbonyl (C=O) groups excluding carboxylic acids is 3. The van der Waals surface area contributed by atoms with Crippen LogP contribution < -0.4 is 9.80 Å². The van der Waals surface area contributed by atoms with E-state index < -0.39 is 5.97 Å². The van der Waals surface area contributed by atoms with E-state index in [1.807, 2.05) is 48.6 Å². The quantitative estimate of drug-likeness (QED) is 0.217. The number of amides is 2. The topological polar surface area (TPSA) is 104 Å².